The second kappa shape index (κ2) is 5.05. The number of hydrogen-bond acceptors (Lipinski definition) is 7. The molecule has 0 aliphatic carbocycles. The molecule has 0 aliphatic rings. The monoisotopic (exact) mass is 321 g/mol. The number of rotatable bonds is 3. The molecule has 10 heteroatoms. The summed E-state index contributed by atoms with van der Waals surface area (Å²) in [4.78, 5) is 34.7. The van der Waals surface area contributed by atoms with Crippen LogP contribution in [-0.4, -0.2) is 42.1 Å². The molecule has 22 heavy (non-hydrogen) atoms. The molecule has 0 atom stereocenters. The Labute approximate surface area is 129 Å². The summed E-state index contributed by atoms with van der Waals surface area (Å²) < 4.78 is 8.36. The van der Waals surface area contributed by atoms with Gasteiger partial charge in [0.15, 0.2) is 17.0 Å². The van der Waals surface area contributed by atoms with E-state index in [1.807, 2.05) is 19.0 Å². The fourth-order valence-corrected chi connectivity index (χ4v) is 2.75. The van der Waals surface area contributed by atoms with Crippen LogP contribution in [0, 0.1) is 0 Å². The lowest BCUT2D eigenvalue weighted by atomic mass is 10.4. The van der Waals surface area contributed by atoms with Crippen LogP contribution in [0.1, 0.15) is 5.82 Å². The van der Waals surface area contributed by atoms with Crippen LogP contribution >= 0.6 is 11.5 Å². The quantitative estimate of drug-likeness (QED) is 0.640. The molecule has 116 valence electrons. The van der Waals surface area contributed by atoms with Gasteiger partial charge in [-0.2, -0.15) is 4.37 Å². The first-order chi connectivity index (χ1) is 10.4. The number of fused-ring (bicyclic) bond motifs is 1. The zero-order valence-electron chi connectivity index (χ0n) is 12.6. The van der Waals surface area contributed by atoms with Crippen molar-refractivity contribution in [1.29, 1.82) is 0 Å². The summed E-state index contributed by atoms with van der Waals surface area (Å²) in [5.74, 6) is 0.601. The first-order valence-corrected chi connectivity index (χ1v) is 7.28. The van der Waals surface area contributed by atoms with Gasteiger partial charge in [0.05, 0.1) is 12.9 Å². The number of aromatic nitrogens is 6. The Hall–Kier alpha value is -2.49. The van der Waals surface area contributed by atoms with E-state index in [4.69, 9.17) is 0 Å². The minimum Gasteiger partial charge on any atom is -0.353 e. The van der Waals surface area contributed by atoms with Crippen molar-refractivity contribution in [3.63, 3.8) is 0 Å². The lowest BCUT2D eigenvalue weighted by Crippen LogP contribution is -2.37. The van der Waals surface area contributed by atoms with E-state index in [2.05, 4.69) is 14.3 Å². The summed E-state index contributed by atoms with van der Waals surface area (Å²) in [7, 11) is 6.82. The molecule has 0 saturated carbocycles. The average molecular weight is 321 g/mol. The molecular weight excluding hydrogens is 306 g/mol. The molecular formula is C12H15N7O2S. The minimum absolute atomic E-state index is 0.328. The van der Waals surface area contributed by atoms with Crippen molar-refractivity contribution in [2.45, 2.75) is 6.54 Å². The zero-order chi connectivity index (χ0) is 16.0. The van der Waals surface area contributed by atoms with Crippen molar-refractivity contribution < 1.29 is 0 Å². The normalized spacial score (nSPS) is 11.3. The number of hydrogen-bond donors (Lipinski definition) is 0. The van der Waals surface area contributed by atoms with Crippen molar-refractivity contribution in [1.82, 2.24) is 28.0 Å². The highest BCUT2D eigenvalue weighted by atomic mass is 32.1. The van der Waals surface area contributed by atoms with Gasteiger partial charge < -0.3 is 9.47 Å². The van der Waals surface area contributed by atoms with Crippen LogP contribution in [0.25, 0.3) is 11.2 Å². The van der Waals surface area contributed by atoms with Crippen LogP contribution in [0.15, 0.2) is 15.9 Å². The van der Waals surface area contributed by atoms with Crippen LogP contribution in [0.3, 0.4) is 0 Å². The third-order valence-corrected chi connectivity index (χ3v) is 4.29. The van der Waals surface area contributed by atoms with E-state index in [-0.39, 0.29) is 5.56 Å². The van der Waals surface area contributed by atoms with E-state index < -0.39 is 5.69 Å². The Morgan fingerprint density at radius 3 is 2.59 bits per heavy atom. The third-order valence-electron chi connectivity index (χ3n) is 3.37. The first kappa shape index (κ1) is 14.4. The van der Waals surface area contributed by atoms with Gasteiger partial charge >= 0.3 is 5.69 Å². The van der Waals surface area contributed by atoms with Gasteiger partial charge in [0, 0.05) is 39.7 Å². The standard InChI is InChI=1S/C12H15N7O2S/c1-16(2)11-14-7(15-22-11)5-19-6-13-9-8(19)10(20)18(4)12(21)17(9)3/h6H,5H2,1-4H3. The summed E-state index contributed by atoms with van der Waals surface area (Å²) in [5.41, 5.74) is -0.0509. The van der Waals surface area contributed by atoms with Gasteiger partial charge in [-0.25, -0.2) is 14.8 Å². The summed E-state index contributed by atoms with van der Waals surface area (Å²) in [6.45, 7) is 0.328. The predicted molar refractivity (Wildman–Crippen MR) is 83.6 cm³/mol. The number of nitrogens with zero attached hydrogens (tertiary/aromatic N) is 7. The van der Waals surface area contributed by atoms with Crippen molar-refractivity contribution >= 4 is 27.8 Å². The maximum Gasteiger partial charge on any atom is 0.332 e. The Bertz CT molecular complexity index is 962. The molecule has 0 aliphatic heterocycles. The maximum atomic E-state index is 12.3. The van der Waals surface area contributed by atoms with E-state index in [1.165, 1.54) is 29.5 Å². The van der Waals surface area contributed by atoms with Crippen LogP contribution in [0.2, 0.25) is 0 Å². The summed E-state index contributed by atoms with van der Waals surface area (Å²) >= 11 is 1.29. The van der Waals surface area contributed by atoms with Crippen LogP contribution in [0.4, 0.5) is 5.13 Å². The molecule has 3 heterocycles. The number of imidazole rings is 1. The van der Waals surface area contributed by atoms with Gasteiger partial charge in [-0.05, 0) is 0 Å². The average Bonchev–Trinajstić information content (AvgIpc) is 3.10. The molecule has 0 fully saturated rings. The Kier molecular flexibility index (Phi) is 3.32. The van der Waals surface area contributed by atoms with Crippen LogP contribution < -0.4 is 16.1 Å². The molecule has 3 rings (SSSR count). The Morgan fingerprint density at radius 1 is 1.23 bits per heavy atom. The predicted octanol–water partition coefficient (Wildman–Crippen LogP) is -0.601. The molecule has 0 N–H and O–H groups in total. The minimum atomic E-state index is -0.399. The van der Waals surface area contributed by atoms with E-state index in [9.17, 15) is 9.59 Å². The fourth-order valence-electron chi connectivity index (χ4n) is 2.16. The van der Waals surface area contributed by atoms with Crippen LogP contribution in [0.5, 0.6) is 0 Å². The molecule has 0 saturated heterocycles. The molecule has 0 amide bonds. The van der Waals surface area contributed by atoms with E-state index in [0.717, 1.165) is 9.70 Å². The summed E-state index contributed by atoms with van der Waals surface area (Å²) in [6, 6.07) is 0. The van der Waals surface area contributed by atoms with E-state index >= 15 is 0 Å². The smallest absolute Gasteiger partial charge is 0.332 e. The lowest BCUT2D eigenvalue weighted by Gasteiger charge is -2.05. The van der Waals surface area contributed by atoms with Gasteiger partial charge in [0.25, 0.3) is 5.56 Å². The molecule has 0 spiro atoms. The van der Waals surface area contributed by atoms with Gasteiger partial charge in [0.1, 0.15) is 0 Å². The maximum absolute atomic E-state index is 12.3. The fraction of sp³-hybridized carbons (Fsp3) is 0.417. The van der Waals surface area contributed by atoms with Crippen molar-refractivity contribution in [3.05, 3.63) is 33.0 Å². The highest BCUT2D eigenvalue weighted by molar-refractivity contribution is 7.09. The van der Waals surface area contributed by atoms with Gasteiger partial charge in [-0.15, -0.1) is 0 Å². The SMILES string of the molecule is CN(C)c1nc(Cn2cnc3c2c(=O)n(C)c(=O)n3C)ns1. The van der Waals surface area contributed by atoms with Crippen molar-refractivity contribution in [2.75, 3.05) is 19.0 Å². The second-order valence-electron chi connectivity index (χ2n) is 5.14. The molecule has 0 bridgehead atoms. The molecule has 3 aromatic rings. The van der Waals surface area contributed by atoms with Crippen molar-refractivity contribution in [2.24, 2.45) is 14.1 Å². The Balaban J connectivity index is 2.12. The van der Waals surface area contributed by atoms with E-state index in [0.29, 0.717) is 23.5 Å². The highest BCUT2D eigenvalue weighted by Gasteiger charge is 2.15. The molecule has 0 aromatic carbocycles. The molecule has 0 unspecified atom stereocenters. The second-order valence-corrected chi connectivity index (χ2v) is 5.87. The van der Waals surface area contributed by atoms with Gasteiger partial charge in [0.2, 0.25) is 5.13 Å². The first-order valence-electron chi connectivity index (χ1n) is 6.51. The molecule has 9 nitrogen and oxygen atoms in total. The third kappa shape index (κ3) is 2.11. The van der Waals surface area contributed by atoms with E-state index in [1.54, 1.807) is 11.6 Å². The number of aryl methyl sites for hydroxylation is 1. The topological polar surface area (TPSA) is 90.8 Å². The summed E-state index contributed by atoms with van der Waals surface area (Å²) in [6.07, 6.45) is 1.53. The Morgan fingerprint density at radius 2 is 1.95 bits per heavy atom. The van der Waals surface area contributed by atoms with Gasteiger partial charge in [-0.1, -0.05) is 0 Å². The van der Waals surface area contributed by atoms with Gasteiger partial charge in [-0.3, -0.25) is 13.9 Å². The zero-order valence-corrected chi connectivity index (χ0v) is 13.5. The molecule has 0 radical (unpaired) electrons. The number of anilines is 1. The summed E-state index contributed by atoms with van der Waals surface area (Å²) in [5, 5.41) is 0.791. The molecule has 3 aromatic heterocycles. The largest absolute Gasteiger partial charge is 0.353 e. The lowest BCUT2D eigenvalue weighted by molar-refractivity contribution is 0.700. The highest BCUT2D eigenvalue weighted by Crippen LogP contribution is 2.15. The van der Waals surface area contributed by atoms with Crippen molar-refractivity contribution in [3.8, 4) is 0 Å². The van der Waals surface area contributed by atoms with Crippen LogP contribution in [-0.2, 0) is 20.6 Å².